The molecule has 0 spiro atoms. The van der Waals surface area contributed by atoms with E-state index in [1.54, 1.807) is 0 Å². The van der Waals surface area contributed by atoms with Crippen molar-refractivity contribution < 1.29 is 0 Å². The Morgan fingerprint density at radius 1 is 0.244 bits per heavy atom. The summed E-state index contributed by atoms with van der Waals surface area (Å²) in [6.07, 6.45) is 0. The second kappa shape index (κ2) is 20.4. The lowest BCUT2D eigenvalue weighted by Gasteiger charge is -2.34. The number of benzene rings is 12. The molecule has 0 bridgehead atoms. The lowest BCUT2D eigenvalue weighted by Crippen LogP contribution is -2.74. The highest BCUT2D eigenvalue weighted by molar-refractivity contribution is 7.20. The van der Waals surface area contributed by atoms with Crippen molar-refractivity contribution in [2.24, 2.45) is 0 Å². The first-order chi connectivity index (χ1) is 40.7. The minimum Gasteiger partial charge on any atom is -0.309 e. The molecule has 0 unspecified atom stereocenters. The van der Waals surface area contributed by atoms with E-state index in [2.05, 4.69) is 337 Å². The van der Waals surface area contributed by atoms with E-state index in [1.165, 1.54) is 41.5 Å². The van der Waals surface area contributed by atoms with Gasteiger partial charge in [0, 0.05) is 38.4 Å². The van der Waals surface area contributed by atoms with E-state index < -0.39 is 16.1 Å². The van der Waals surface area contributed by atoms with Gasteiger partial charge in [0.1, 0.15) is 0 Å². The van der Waals surface area contributed by atoms with E-state index in [4.69, 9.17) is 9.97 Å². The van der Waals surface area contributed by atoms with Gasteiger partial charge in [-0.25, -0.2) is 9.97 Å². The second-order valence-electron chi connectivity index (χ2n) is 21.2. The van der Waals surface area contributed by atoms with Crippen LogP contribution in [0.4, 0.5) is 0 Å². The van der Waals surface area contributed by atoms with E-state index in [-0.39, 0.29) is 0 Å². The van der Waals surface area contributed by atoms with Gasteiger partial charge in [-0.3, -0.25) is 4.57 Å². The number of hydrogen-bond donors (Lipinski definition) is 0. The molecule has 82 heavy (non-hydrogen) atoms. The highest BCUT2D eigenvalue weighted by Gasteiger charge is 2.43. The van der Waals surface area contributed by atoms with Crippen LogP contribution in [0.5, 0.6) is 0 Å². The molecule has 15 aromatic rings. The normalized spacial score (nSPS) is 11.9. The van der Waals surface area contributed by atoms with Crippen LogP contribution in [0, 0.1) is 0 Å². The van der Waals surface area contributed by atoms with Gasteiger partial charge in [-0.2, -0.15) is 0 Å². The third kappa shape index (κ3) is 7.86. The fourth-order valence-corrected chi connectivity index (χ4v) is 22.9. The molecule has 6 heteroatoms. The van der Waals surface area contributed by atoms with Crippen LogP contribution in [-0.4, -0.2) is 35.2 Å². The maximum atomic E-state index is 5.68. The zero-order valence-corrected chi connectivity index (χ0v) is 47.0. The van der Waals surface area contributed by atoms with E-state index in [0.717, 1.165) is 71.8 Å². The molecule has 0 radical (unpaired) electrons. The highest BCUT2D eigenvalue weighted by atomic mass is 28.3. The highest BCUT2D eigenvalue weighted by Crippen LogP contribution is 2.42. The number of fused-ring (bicyclic) bond motifs is 7. The number of hydrogen-bond acceptors (Lipinski definition) is 2. The van der Waals surface area contributed by atoms with Gasteiger partial charge in [0.25, 0.3) is 0 Å². The lowest BCUT2D eigenvalue weighted by molar-refractivity contribution is 0.998. The molecule has 0 saturated heterocycles. The van der Waals surface area contributed by atoms with Crippen molar-refractivity contribution >= 4 is 101 Å². The SMILES string of the molecule is c1ccc(-c2cc(-c3ccc([Si](c4ccccc4)(c4ccccc4)c4ccccc4)cc3)nc(-n3c4ccccc4c4ccc5c(c6ccccc6n5-c5cccc([Si](c6ccccc6)(c6ccccc6)c6ccccc6)c5)c43)n2)cc1. The molecular formula is C76H54N4Si2. The van der Waals surface area contributed by atoms with Crippen molar-refractivity contribution in [1.82, 2.24) is 19.1 Å². The average Bonchev–Trinajstić information content (AvgIpc) is 2.17. The lowest BCUT2D eigenvalue weighted by atomic mass is 10.1. The third-order valence-corrected chi connectivity index (χ3v) is 26.4. The fourth-order valence-electron chi connectivity index (χ4n) is 13.3. The van der Waals surface area contributed by atoms with Crippen LogP contribution in [0.25, 0.3) is 77.8 Å². The molecule has 386 valence electrons. The molecular weight excluding hydrogens is 1030 g/mol. The second-order valence-corrected chi connectivity index (χ2v) is 28.8. The Morgan fingerprint density at radius 2 is 0.622 bits per heavy atom. The number of para-hydroxylation sites is 2. The van der Waals surface area contributed by atoms with Crippen molar-refractivity contribution in [2.75, 3.05) is 0 Å². The smallest absolute Gasteiger partial charge is 0.235 e. The summed E-state index contributed by atoms with van der Waals surface area (Å²) in [5.74, 6) is 0.615. The number of nitrogens with zero attached hydrogens (tertiary/aromatic N) is 4. The minimum absolute atomic E-state index is 0.615. The molecule has 0 aliphatic rings. The summed E-state index contributed by atoms with van der Waals surface area (Å²) >= 11 is 0. The Balaban J connectivity index is 0.959. The first kappa shape index (κ1) is 48.8. The quantitative estimate of drug-likeness (QED) is 0.0903. The zero-order valence-electron chi connectivity index (χ0n) is 45.0. The van der Waals surface area contributed by atoms with Crippen molar-refractivity contribution in [3.05, 3.63) is 328 Å². The van der Waals surface area contributed by atoms with E-state index in [0.29, 0.717) is 5.95 Å². The molecule has 0 atom stereocenters. The Hall–Kier alpha value is -10.2. The molecule has 0 N–H and O–H groups in total. The monoisotopic (exact) mass is 1080 g/mol. The van der Waals surface area contributed by atoms with Gasteiger partial charge in [0.2, 0.25) is 5.95 Å². The molecule has 0 saturated carbocycles. The summed E-state index contributed by atoms with van der Waals surface area (Å²) in [6, 6.07) is 121. The summed E-state index contributed by atoms with van der Waals surface area (Å²) in [5.41, 5.74) is 9.21. The Bertz CT molecular complexity index is 4570. The zero-order chi connectivity index (χ0) is 54.5. The van der Waals surface area contributed by atoms with Crippen LogP contribution < -0.4 is 41.5 Å². The van der Waals surface area contributed by atoms with Crippen molar-refractivity contribution in [1.29, 1.82) is 0 Å². The van der Waals surface area contributed by atoms with E-state index in [9.17, 15) is 0 Å². The van der Waals surface area contributed by atoms with Crippen LogP contribution in [0.3, 0.4) is 0 Å². The van der Waals surface area contributed by atoms with Crippen molar-refractivity contribution in [3.8, 4) is 34.2 Å². The van der Waals surface area contributed by atoms with Gasteiger partial charge in [-0.1, -0.05) is 291 Å². The average molecular weight is 1080 g/mol. The number of rotatable bonds is 12. The van der Waals surface area contributed by atoms with Gasteiger partial charge in [-0.05, 0) is 77.9 Å². The summed E-state index contributed by atoms with van der Waals surface area (Å²) in [5, 5.41) is 15.2. The van der Waals surface area contributed by atoms with Gasteiger partial charge >= 0.3 is 0 Å². The Kier molecular flexibility index (Phi) is 12.2. The summed E-state index contributed by atoms with van der Waals surface area (Å²) in [6.45, 7) is 0. The van der Waals surface area contributed by atoms with Crippen molar-refractivity contribution in [3.63, 3.8) is 0 Å². The van der Waals surface area contributed by atoms with Gasteiger partial charge < -0.3 is 4.57 Å². The maximum absolute atomic E-state index is 5.68. The first-order valence-corrected chi connectivity index (χ1v) is 32.1. The Morgan fingerprint density at radius 3 is 1.11 bits per heavy atom. The van der Waals surface area contributed by atoms with Crippen LogP contribution in [0.15, 0.2) is 328 Å². The largest absolute Gasteiger partial charge is 0.309 e. The third-order valence-electron chi connectivity index (χ3n) is 16.8. The number of aromatic nitrogens is 4. The topological polar surface area (TPSA) is 35.6 Å². The molecule has 0 aliphatic heterocycles. The predicted molar refractivity (Wildman–Crippen MR) is 349 cm³/mol. The first-order valence-electron chi connectivity index (χ1n) is 28.1. The van der Waals surface area contributed by atoms with Crippen LogP contribution in [0.1, 0.15) is 0 Å². The standard InChI is InChI=1S/C76H54N4Si2/c1-8-27-55(28-9-1)69-54-70(56-47-49-64(50-48-56)81(58-30-10-2-11-31-58,59-32-12-3-13-33-59)60-34-14-4-15-35-60)78-76(77-69)80-71-45-24-22-43-66(71)67-51-52-73-74(75(67)80)68-44-23-25-46-72(68)79(73)57-29-26-42-65(53-57)82(61-36-16-5-17-37-61,62-38-18-6-19-39-62)63-40-20-7-21-41-63/h1-54H. The molecule has 12 aromatic carbocycles. The minimum atomic E-state index is -2.86. The maximum Gasteiger partial charge on any atom is 0.235 e. The Labute approximate surface area is 479 Å². The summed E-state index contributed by atoms with van der Waals surface area (Å²) in [4.78, 5) is 11.3. The van der Waals surface area contributed by atoms with E-state index >= 15 is 0 Å². The molecule has 4 nitrogen and oxygen atoms in total. The summed E-state index contributed by atoms with van der Waals surface area (Å²) in [7, 11) is -5.63. The molecule has 0 amide bonds. The fraction of sp³-hybridized carbons (Fsp3) is 0. The van der Waals surface area contributed by atoms with Gasteiger partial charge in [-0.15, -0.1) is 0 Å². The van der Waals surface area contributed by atoms with Gasteiger partial charge in [0.05, 0.1) is 33.5 Å². The molecule has 0 aliphatic carbocycles. The predicted octanol–water partition coefficient (Wildman–Crippen LogP) is 12.8. The van der Waals surface area contributed by atoms with Crippen molar-refractivity contribution in [2.45, 2.75) is 0 Å². The van der Waals surface area contributed by atoms with Crippen LogP contribution in [0.2, 0.25) is 0 Å². The molecule has 0 fully saturated rings. The van der Waals surface area contributed by atoms with Crippen LogP contribution >= 0.6 is 0 Å². The van der Waals surface area contributed by atoms with E-state index in [1.807, 2.05) is 0 Å². The molecule has 3 heterocycles. The van der Waals surface area contributed by atoms with Crippen LogP contribution in [-0.2, 0) is 0 Å². The van der Waals surface area contributed by atoms with Gasteiger partial charge in [0.15, 0.2) is 16.1 Å². The molecule has 15 rings (SSSR count). The summed E-state index contributed by atoms with van der Waals surface area (Å²) < 4.78 is 4.81. The molecule has 3 aromatic heterocycles.